The highest BCUT2D eigenvalue weighted by atomic mass is 79.9. The molecule has 0 aliphatic carbocycles. The molecule has 0 radical (unpaired) electrons. The molecule has 0 aliphatic heterocycles. The van der Waals surface area contributed by atoms with Crippen LogP contribution in [0.3, 0.4) is 0 Å². The van der Waals surface area contributed by atoms with Crippen LogP contribution in [0, 0.1) is 21.7 Å². The Bertz CT molecular complexity index is 734. The van der Waals surface area contributed by atoms with Crippen LogP contribution in [0.5, 0.6) is 0 Å². The maximum absolute atomic E-state index is 13.9. The second-order valence-electron chi connectivity index (χ2n) is 4.24. The number of halogens is 3. The van der Waals surface area contributed by atoms with Gasteiger partial charge < -0.3 is 0 Å². The molecule has 0 aromatic heterocycles. The van der Waals surface area contributed by atoms with Gasteiger partial charge in [0.2, 0.25) is 5.82 Å². The minimum absolute atomic E-state index is 0.256. The van der Waals surface area contributed by atoms with Crippen LogP contribution in [0.25, 0.3) is 0 Å². The predicted molar refractivity (Wildman–Crippen MR) is 75.2 cm³/mol. The first-order valence-electron chi connectivity index (χ1n) is 5.80. The molecule has 2 aromatic rings. The number of nitrogens with zero attached hydrogens (tertiary/aromatic N) is 1. The van der Waals surface area contributed by atoms with Crippen molar-refractivity contribution >= 4 is 27.4 Å². The van der Waals surface area contributed by atoms with Crippen LogP contribution in [0.2, 0.25) is 0 Å². The van der Waals surface area contributed by atoms with E-state index in [1.165, 1.54) is 0 Å². The summed E-state index contributed by atoms with van der Waals surface area (Å²) >= 11 is 3.22. The molecule has 0 aliphatic rings. The molecule has 0 fully saturated rings. The van der Waals surface area contributed by atoms with Crippen molar-refractivity contribution in [1.29, 1.82) is 0 Å². The summed E-state index contributed by atoms with van der Waals surface area (Å²) in [5.74, 6) is -3.41. The minimum Gasteiger partial charge on any atom is -0.294 e. The number of hydrogen-bond donors (Lipinski definition) is 0. The quantitative estimate of drug-likeness (QED) is 0.472. The van der Waals surface area contributed by atoms with Gasteiger partial charge in [0, 0.05) is 17.0 Å². The standard InChI is InChI=1S/C14H8BrF2NO3/c15-9-3-1-2-8(6-9)7-12(19)13-10(16)4-5-11(14(13)17)18(20)21/h1-6H,7H2. The lowest BCUT2D eigenvalue weighted by atomic mass is 10.0. The molecule has 21 heavy (non-hydrogen) atoms. The summed E-state index contributed by atoms with van der Waals surface area (Å²) < 4.78 is 28.3. The van der Waals surface area contributed by atoms with Crippen LogP contribution in [0.1, 0.15) is 15.9 Å². The Morgan fingerprint density at radius 1 is 1.24 bits per heavy atom. The maximum atomic E-state index is 13.9. The molecule has 2 rings (SSSR count). The van der Waals surface area contributed by atoms with E-state index in [2.05, 4.69) is 15.9 Å². The van der Waals surface area contributed by atoms with Crippen LogP contribution in [0.4, 0.5) is 14.5 Å². The van der Waals surface area contributed by atoms with Crippen molar-refractivity contribution in [3.63, 3.8) is 0 Å². The second-order valence-corrected chi connectivity index (χ2v) is 5.16. The van der Waals surface area contributed by atoms with Gasteiger partial charge in [-0.15, -0.1) is 0 Å². The van der Waals surface area contributed by atoms with Crippen molar-refractivity contribution in [3.8, 4) is 0 Å². The molecule has 0 unspecified atom stereocenters. The fourth-order valence-corrected chi connectivity index (χ4v) is 2.31. The van der Waals surface area contributed by atoms with E-state index < -0.39 is 33.6 Å². The Kier molecular flexibility index (Phi) is 4.42. The lowest BCUT2D eigenvalue weighted by Crippen LogP contribution is -2.11. The topological polar surface area (TPSA) is 60.2 Å². The second kappa shape index (κ2) is 6.09. The molecular weight excluding hydrogens is 348 g/mol. The van der Waals surface area contributed by atoms with E-state index in [9.17, 15) is 23.7 Å². The number of nitro benzene ring substituents is 1. The van der Waals surface area contributed by atoms with Crippen molar-refractivity contribution in [1.82, 2.24) is 0 Å². The first-order valence-corrected chi connectivity index (χ1v) is 6.59. The van der Waals surface area contributed by atoms with Crippen molar-refractivity contribution in [2.24, 2.45) is 0 Å². The normalized spacial score (nSPS) is 10.4. The highest BCUT2D eigenvalue weighted by Gasteiger charge is 2.26. The minimum atomic E-state index is -1.44. The predicted octanol–water partition coefficient (Wildman–Crippen LogP) is 4.06. The molecule has 4 nitrogen and oxygen atoms in total. The van der Waals surface area contributed by atoms with Crippen molar-refractivity contribution in [2.75, 3.05) is 0 Å². The van der Waals surface area contributed by atoms with Crippen molar-refractivity contribution in [2.45, 2.75) is 6.42 Å². The fourth-order valence-electron chi connectivity index (χ4n) is 1.86. The van der Waals surface area contributed by atoms with Crippen molar-refractivity contribution < 1.29 is 18.5 Å². The van der Waals surface area contributed by atoms with E-state index in [4.69, 9.17) is 0 Å². The lowest BCUT2D eigenvalue weighted by Gasteiger charge is -2.05. The Morgan fingerprint density at radius 2 is 1.95 bits per heavy atom. The number of ketones is 1. The van der Waals surface area contributed by atoms with Crippen LogP contribution < -0.4 is 0 Å². The van der Waals surface area contributed by atoms with Crippen LogP contribution in [-0.2, 0) is 6.42 Å². The molecule has 0 atom stereocenters. The van der Waals surface area contributed by atoms with Crippen LogP contribution >= 0.6 is 15.9 Å². The summed E-state index contributed by atoms with van der Waals surface area (Å²) in [6.45, 7) is 0. The molecule has 0 N–H and O–H groups in total. The number of benzene rings is 2. The number of carbonyl (C=O) groups excluding carboxylic acids is 1. The van der Waals surface area contributed by atoms with Gasteiger partial charge in [0.15, 0.2) is 5.78 Å². The number of Topliss-reactive ketones (excluding diaryl/α,β-unsaturated/α-hetero) is 1. The summed E-state index contributed by atoms with van der Waals surface area (Å²) in [4.78, 5) is 21.7. The third-order valence-electron chi connectivity index (χ3n) is 2.80. The lowest BCUT2D eigenvalue weighted by molar-refractivity contribution is -0.387. The van der Waals surface area contributed by atoms with Gasteiger partial charge in [0.05, 0.1) is 10.5 Å². The van der Waals surface area contributed by atoms with Crippen LogP contribution in [0.15, 0.2) is 40.9 Å². The number of carbonyl (C=O) groups is 1. The van der Waals surface area contributed by atoms with Gasteiger partial charge in [-0.2, -0.15) is 4.39 Å². The molecule has 108 valence electrons. The van der Waals surface area contributed by atoms with Gasteiger partial charge in [0.1, 0.15) is 5.82 Å². The Balaban J connectivity index is 2.39. The van der Waals surface area contributed by atoms with Gasteiger partial charge in [-0.25, -0.2) is 4.39 Å². The molecular formula is C14H8BrF2NO3. The van der Waals surface area contributed by atoms with E-state index in [-0.39, 0.29) is 6.42 Å². The maximum Gasteiger partial charge on any atom is 0.305 e. The molecule has 2 aromatic carbocycles. The highest BCUT2D eigenvalue weighted by molar-refractivity contribution is 9.10. The van der Waals surface area contributed by atoms with Gasteiger partial charge in [-0.1, -0.05) is 28.1 Å². The average Bonchev–Trinajstić information content (AvgIpc) is 2.38. The highest BCUT2D eigenvalue weighted by Crippen LogP contribution is 2.24. The third kappa shape index (κ3) is 3.30. The summed E-state index contributed by atoms with van der Waals surface area (Å²) in [5.41, 5.74) is -1.27. The van der Waals surface area contributed by atoms with Gasteiger partial charge in [-0.05, 0) is 23.8 Å². The van der Waals surface area contributed by atoms with Crippen LogP contribution in [-0.4, -0.2) is 10.7 Å². The smallest absolute Gasteiger partial charge is 0.294 e. The Morgan fingerprint density at radius 3 is 2.57 bits per heavy atom. The largest absolute Gasteiger partial charge is 0.305 e. The molecule has 0 heterocycles. The molecule has 0 spiro atoms. The van der Waals surface area contributed by atoms with Gasteiger partial charge >= 0.3 is 5.69 Å². The third-order valence-corrected chi connectivity index (χ3v) is 3.29. The molecule has 0 saturated heterocycles. The van der Waals surface area contributed by atoms with Gasteiger partial charge in [0.25, 0.3) is 0 Å². The summed E-state index contributed by atoms with van der Waals surface area (Å²) in [5, 5.41) is 10.6. The SMILES string of the molecule is O=C(Cc1cccc(Br)c1)c1c(F)ccc([N+](=O)[O-])c1F. The number of rotatable bonds is 4. The summed E-state index contributed by atoms with van der Waals surface area (Å²) in [6.07, 6.45) is -0.256. The Labute approximate surface area is 126 Å². The number of nitro groups is 1. The monoisotopic (exact) mass is 355 g/mol. The summed E-state index contributed by atoms with van der Waals surface area (Å²) in [6, 6.07) is 8.08. The fraction of sp³-hybridized carbons (Fsp3) is 0.0714. The first kappa shape index (κ1) is 15.2. The van der Waals surface area contributed by atoms with E-state index in [0.717, 1.165) is 6.07 Å². The van der Waals surface area contributed by atoms with E-state index in [1.54, 1.807) is 24.3 Å². The zero-order valence-corrected chi connectivity index (χ0v) is 12.1. The summed E-state index contributed by atoms with van der Waals surface area (Å²) in [7, 11) is 0. The number of hydrogen-bond acceptors (Lipinski definition) is 3. The molecule has 0 amide bonds. The molecule has 7 heteroatoms. The van der Waals surface area contributed by atoms with Crippen molar-refractivity contribution in [3.05, 3.63) is 73.7 Å². The van der Waals surface area contributed by atoms with E-state index in [1.807, 2.05) is 0 Å². The molecule has 0 bridgehead atoms. The Hall–Kier alpha value is -2.15. The zero-order chi connectivity index (χ0) is 15.6. The average molecular weight is 356 g/mol. The molecule has 0 saturated carbocycles. The first-order chi connectivity index (χ1) is 9.90. The van der Waals surface area contributed by atoms with Gasteiger partial charge in [-0.3, -0.25) is 14.9 Å². The zero-order valence-electron chi connectivity index (χ0n) is 10.5. The van der Waals surface area contributed by atoms with E-state index in [0.29, 0.717) is 16.1 Å². The van der Waals surface area contributed by atoms with E-state index >= 15 is 0 Å².